The van der Waals surface area contributed by atoms with Crippen molar-refractivity contribution < 1.29 is 9.90 Å². The Morgan fingerprint density at radius 2 is 2.11 bits per heavy atom. The van der Waals surface area contributed by atoms with Crippen LogP contribution in [-0.4, -0.2) is 45.6 Å². The highest BCUT2D eigenvalue weighted by Gasteiger charge is 2.16. The second-order valence-electron chi connectivity index (χ2n) is 4.27. The first kappa shape index (κ1) is 14.6. The van der Waals surface area contributed by atoms with Crippen molar-refractivity contribution in [3.63, 3.8) is 0 Å². The summed E-state index contributed by atoms with van der Waals surface area (Å²) in [7, 11) is 0. The van der Waals surface area contributed by atoms with Gasteiger partial charge in [0.2, 0.25) is 0 Å². The Morgan fingerprint density at radius 1 is 1.33 bits per heavy atom. The minimum Gasteiger partial charge on any atom is -0.395 e. The summed E-state index contributed by atoms with van der Waals surface area (Å²) in [6, 6.07) is 1.67. The van der Waals surface area contributed by atoms with Crippen LogP contribution in [0.15, 0.2) is 12.4 Å². The summed E-state index contributed by atoms with van der Waals surface area (Å²) >= 11 is 0. The second-order valence-corrected chi connectivity index (χ2v) is 4.27. The normalized spacial score (nSPS) is 10.4. The lowest BCUT2D eigenvalue weighted by Crippen LogP contribution is -2.35. The second kappa shape index (κ2) is 7.76. The largest absolute Gasteiger partial charge is 0.395 e. The van der Waals surface area contributed by atoms with Crippen molar-refractivity contribution in [1.82, 2.24) is 14.9 Å². The number of aromatic nitrogens is 2. The van der Waals surface area contributed by atoms with Crippen LogP contribution >= 0.6 is 0 Å². The smallest absolute Gasteiger partial charge is 0.272 e. The highest BCUT2D eigenvalue weighted by atomic mass is 16.3. The number of aryl methyl sites for hydroxylation is 1. The molecule has 0 aromatic carbocycles. The van der Waals surface area contributed by atoms with Crippen LogP contribution in [0.25, 0.3) is 0 Å². The molecule has 1 N–H and O–H groups in total. The summed E-state index contributed by atoms with van der Waals surface area (Å²) in [6.45, 7) is 4.93. The summed E-state index contributed by atoms with van der Waals surface area (Å²) in [6.07, 6.45) is 4.53. The van der Waals surface area contributed by atoms with Crippen molar-refractivity contribution in [1.29, 1.82) is 0 Å². The molecule has 0 aliphatic carbocycles. The molecule has 5 heteroatoms. The van der Waals surface area contributed by atoms with E-state index in [2.05, 4.69) is 16.9 Å². The van der Waals surface area contributed by atoms with Crippen LogP contribution in [0.1, 0.15) is 42.4 Å². The minimum atomic E-state index is -0.134. The van der Waals surface area contributed by atoms with E-state index in [0.29, 0.717) is 18.8 Å². The molecule has 0 saturated heterocycles. The molecular weight excluding hydrogens is 230 g/mol. The van der Waals surface area contributed by atoms with Crippen LogP contribution in [0.4, 0.5) is 0 Å². The molecule has 18 heavy (non-hydrogen) atoms. The summed E-state index contributed by atoms with van der Waals surface area (Å²) in [5, 5.41) is 9.02. The van der Waals surface area contributed by atoms with E-state index in [4.69, 9.17) is 5.11 Å². The number of unbranched alkanes of at least 4 members (excludes halogenated alkanes) is 2. The first-order chi connectivity index (χ1) is 8.69. The van der Waals surface area contributed by atoms with Gasteiger partial charge in [-0.1, -0.05) is 19.8 Å². The molecule has 1 heterocycles. The van der Waals surface area contributed by atoms with Crippen LogP contribution in [0.3, 0.4) is 0 Å². The molecule has 0 bridgehead atoms. The van der Waals surface area contributed by atoms with Gasteiger partial charge >= 0.3 is 0 Å². The highest BCUT2D eigenvalue weighted by Crippen LogP contribution is 2.05. The minimum absolute atomic E-state index is 0.0259. The van der Waals surface area contributed by atoms with Gasteiger partial charge in [0.1, 0.15) is 12.0 Å². The molecule has 0 saturated carbocycles. The summed E-state index contributed by atoms with van der Waals surface area (Å²) in [5.41, 5.74) is 1.17. The third-order valence-corrected chi connectivity index (χ3v) is 2.71. The molecule has 1 amide bonds. The van der Waals surface area contributed by atoms with Gasteiger partial charge in [-0.3, -0.25) is 4.79 Å². The van der Waals surface area contributed by atoms with Crippen molar-refractivity contribution in [3.05, 3.63) is 23.8 Å². The molecule has 1 rings (SSSR count). The number of aliphatic hydroxyl groups excluding tert-OH is 1. The van der Waals surface area contributed by atoms with Crippen molar-refractivity contribution in [2.75, 3.05) is 19.7 Å². The maximum absolute atomic E-state index is 12.2. The van der Waals surface area contributed by atoms with E-state index in [1.165, 1.54) is 6.33 Å². The molecule has 0 fully saturated rings. The van der Waals surface area contributed by atoms with Crippen molar-refractivity contribution in [2.45, 2.75) is 33.1 Å². The Labute approximate surface area is 108 Å². The Hall–Kier alpha value is -1.49. The number of nitrogens with zero attached hydrogens (tertiary/aromatic N) is 3. The van der Waals surface area contributed by atoms with Crippen LogP contribution in [0.2, 0.25) is 0 Å². The highest BCUT2D eigenvalue weighted by molar-refractivity contribution is 5.92. The quantitative estimate of drug-likeness (QED) is 0.744. The fourth-order valence-electron chi connectivity index (χ4n) is 1.72. The molecule has 0 spiro atoms. The third-order valence-electron chi connectivity index (χ3n) is 2.71. The van der Waals surface area contributed by atoms with Crippen LogP contribution in [0, 0.1) is 6.92 Å². The Bertz CT molecular complexity index is 382. The predicted molar refractivity (Wildman–Crippen MR) is 69.3 cm³/mol. The van der Waals surface area contributed by atoms with Gasteiger partial charge in [0, 0.05) is 18.8 Å². The van der Waals surface area contributed by atoms with Crippen molar-refractivity contribution in [3.8, 4) is 0 Å². The Balaban J connectivity index is 2.69. The van der Waals surface area contributed by atoms with Crippen molar-refractivity contribution >= 4 is 5.91 Å². The number of aliphatic hydroxyl groups is 1. The number of rotatable bonds is 7. The van der Waals surface area contributed by atoms with Gasteiger partial charge in [-0.15, -0.1) is 0 Å². The topological polar surface area (TPSA) is 66.3 Å². The van der Waals surface area contributed by atoms with E-state index in [1.807, 2.05) is 6.92 Å². The zero-order valence-corrected chi connectivity index (χ0v) is 11.1. The number of amides is 1. The average molecular weight is 251 g/mol. The molecule has 0 radical (unpaired) electrons. The van der Waals surface area contributed by atoms with Gasteiger partial charge in [-0.25, -0.2) is 9.97 Å². The SMILES string of the molecule is CCCCCN(CCO)C(=O)c1cc(C)ncn1. The summed E-state index contributed by atoms with van der Waals surface area (Å²) in [4.78, 5) is 21.8. The Kier molecular flexibility index (Phi) is 6.28. The lowest BCUT2D eigenvalue weighted by molar-refractivity contribution is 0.0712. The molecule has 0 unspecified atom stereocenters. The van der Waals surface area contributed by atoms with E-state index in [9.17, 15) is 4.79 Å². The lowest BCUT2D eigenvalue weighted by Gasteiger charge is -2.21. The molecule has 100 valence electrons. The van der Waals surface area contributed by atoms with Crippen LogP contribution in [0.5, 0.6) is 0 Å². The van der Waals surface area contributed by atoms with Crippen LogP contribution in [-0.2, 0) is 0 Å². The van der Waals surface area contributed by atoms with Crippen LogP contribution < -0.4 is 0 Å². The van der Waals surface area contributed by atoms with E-state index in [0.717, 1.165) is 25.0 Å². The van der Waals surface area contributed by atoms with Gasteiger partial charge in [0.05, 0.1) is 6.61 Å². The zero-order chi connectivity index (χ0) is 13.4. The molecule has 5 nitrogen and oxygen atoms in total. The molecule has 1 aromatic heterocycles. The molecule has 0 aliphatic rings. The fourth-order valence-corrected chi connectivity index (χ4v) is 1.72. The number of hydrogen-bond donors (Lipinski definition) is 1. The first-order valence-electron chi connectivity index (χ1n) is 6.37. The van der Waals surface area contributed by atoms with Gasteiger partial charge < -0.3 is 10.0 Å². The third kappa shape index (κ3) is 4.41. The Morgan fingerprint density at radius 3 is 2.72 bits per heavy atom. The van der Waals surface area contributed by atoms with E-state index < -0.39 is 0 Å². The maximum Gasteiger partial charge on any atom is 0.272 e. The van der Waals surface area contributed by atoms with Gasteiger partial charge in [0.15, 0.2) is 0 Å². The average Bonchev–Trinajstić information content (AvgIpc) is 2.37. The maximum atomic E-state index is 12.2. The monoisotopic (exact) mass is 251 g/mol. The zero-order valence-electron chi connectivity index (χ0n) is 11.1. The number of carbonyl (C=O) groups excluding carboxylic acids is 1. The molecule has 0 aliphatic heterocycles. The van der Waals surface area contributed by atoms with E-state index in [-0.39, 0.29) is 12.5 Å². The standard InChI is InChI=1S/C13H21N3O2/c1-3-4-5-6-16(7-8-17)13(18)12-9-11(2)14-10-15-12/h9-10,17H,3-8H2,1-2H3. The molecule has 0 atom stereocenters. The fraction of sp³-hybridized carbons (Fsp3) is 0.615. The summed E-state index contributed by atoms with van der Waals surface area (Å²) < 4.78 is 0. The molecule has 1 aromatic rings. The summed E-state index contributed by atoms with van der Waals surface area (Å²) in [5.74, 6) is -0.134. The van der Waals surface area contributed by atoms with E-state index >= 15 is 0 Å². The molecular formula is C13H21N3O2. The lowest BCUT2D eigenvalue weighted by atomic mass is 10.2. The van der Waals surface area contributed by atoms with Gasteiger partial charge in [0.25, 0.3) is 5.91 Å². The van der Waals surface area contributed by atoms with Gasteiger partial charge in [-0.2, -0.15) is 0 Å². The first-order valence-corrected chi connectivity index (χ1v) is 6.37. The predicted octanol–water partition coefficient (Wildman–Crippen LogP) is 1.41. The number of hydrogen-bond acceptors (Lipinski definition) is 4. The van der Waals surface area contributed by atoms with Crippen molar-refractivity contribution in [2.24, 2.45) is 0 Å². The van der Waals surface area contributed by atoms with E-state index in [1.54, 1.807) is 11.0 Å². The number of carbonyl (C=O) groups is 1. The van der Waals surface area contributed by atoms with Gasteiger partial charge in [-0.05, 0) is 19.4 Å².